The van der Waals surface area contributed by atoms with E-state index in [0.29, 0.717) is 10.3 Å². The molecule has 1 rings (SSSR count). The van der Waals surface area contributed by atoms with Gasteiger partial charge in [-0.2, -0.15) is 0 Å². The zero-order valence-corrected chi connectivity index (χ0v) is 13.7. The molecule has 0 aliphatic carbocycles. The number of nitrogens with two attached hydrogens (primary N) is 1. The highest BCUT2D eigenvalue weighted by Crippen LogP contribution is 2.21. The lowest BCUT2D eigenvalue weighted by Gasteiger charge is -2.13. The maximum Gasteiger partial charge on any atom is 0.151 e. The van der Waals surface area contributed by atoms with Crippen LogP contribution in [-0.2, 0) is 12.8 Å². The van der Waals surface area contributed by atoms with E-state index in [2.05, 4.69) is 31.2 Å². The number of aryl methyl sites for hydroxylation is 1. The van der Waals surface area contributed by atoms with Crippen LogP contribution in [0.5, 0.6) is 0 Å². The van der Waals surface area contributed by atoms with E-state index in [9.17, 15) is 0 Å². The number of hydrogen-bond acceptors (Lipinski definition) is 4. The molecule has 1 aromatic rings. The quantitative estimate of drug-likeness (QED) is 0.528. The predicted molar refractivity (Wildman–Crippen MR) is 93.3 cm³/mol. The highest BCUT2D eigenvalue weighted by molar-refractivity contribution is 8.14. The second-order valence-electron chi connectivity index (χ2n) is 4.69. The van der Waals surface area contributed by atoms with Crippen molar-refractivity contribution in [1.29, 1.82) is 10.8 Å². The number of amidine groups is 1. The van der Waals surface area contributed by atoms with Crippen molar-refractivity contribution in [1.82, 2.24) is 0 Å². The Morgan fingerprint density at radius 2 is 1.80 bits per heavy atom. The van der Waals surface area contributed by atoms with Gasteiger partial charge >= 0.3 is 0 Å². The van der Waals surface area contributed by atoms with E-state index in [4.69, 9.17) is 16.6 Å². The first-order chi connectivity index (χ1) is 9.51. The summed E-state index contributed by atoms with van der Waals surface area (Å²) >= 11 is 3.04. The molecule has 1 aromatic carbocycles. The van der Waals surface area contributed by atoms with Crippen LogP contribution in [0.2, 0.25) is 0 Å². The lowest BCUT2D eigenvalue weighted by Crippen LogP contribution is -2.08. The van der Waals surface area contributed by atoms with Crippen molar-refractivity contribution in [2.24, 2.45) is 5.73 Å². The van der Waals surface area contributed by atoms with E-state index < -0.39 is 0 Å². The summed E-state index contributed by atoms with van der Waals surface area (Å²) in [6, 6.07) is 8.67. The van der Waals surface area contributed by atoms with E-state index in [-0.39, 0.29) is 5.17 Å². The number of thioether (sulfide) groups is 2. The lowest BCUT2D eigenvalue weighted by molar-refractivity contribution is 0.819. The van der Waals surface area contributed by atoms with Crippen molar-refractivity contribution >= 4 is 33.7 Å². The molecule has 3 nitrogen and oxygen atoms in total. The third-order valence-corrected chi connectivity index (χ3v) is 4.84. The standard InChI is InChI=1S/C15H23N3S2/c1-3-14(20-11(2)16)10-13-6-4-12(5-7-13)8-9-19-15(17)18/h4-7,14,16H,3,8-10H2,1-2H3,(H3,17,18)/t14-/m1/s1. The lowest BCUT2D eigenvalue weighted by atomic mass is 10.1. The molecule has 0 aromatic heterocycles. The van der Waals surface area contributed by atoms with Gasteiger partial charge in [0.15, 0.2) is 5.17 Å². The van der Waals surface area contributed by atoms with Crippen LogP contribution in [0, 0.1) is 10.8 Å². The molecule has 1 atom stereocenters. The smallest absolute Gasteiger partial charge is 0.151 e. The van der Waals surface area contributed by atoms with Crippen LogP contribution in [0.4, 0.5) is 0 Å². The largest absolute Gasteiger partial charge is 0.379 e. The highest BCUT2D eigenvalue weighted by atomic mass is 32.2. The van der Waals surface area contributed by atoms with Gasteiger partial charge in [-0.15, -0.1) is 11.8 Å². The van der Waals surface area contributed by atoms with Gasteiger partial charge in [-0.1, -0.05) is 43.0 Å². The van der Waals surface area contributed by atoms with Crippen LogP contribution < -0.4 is 5.73 Å². The number of hydrogen-bond donors (Lipinski definition) is 3. The molecule has 0 saturated carbocycles. The first kappa shape index (κ1) is 17.1. The molecule has 0 amide bonds. The third kappa shape index (κ3) is 7.01. The Bertz CT molecular complexity index is 443. The van der Waals surface area contributed by atoms with E-state index in [1.165, 1.54) is 22.9 Å². The van der Waals surface area contributed by atoms with Gasteiger partial charge in [0, 0.05) is 11.0 Å². The van der Waals surface area contributed by atoms with E-state index in [1.807, 2.05) is 6.92 Å². The van der Waals surface area contributed by atoms with Crippen LogP contribution in [0.1, 0.15) is 31.4 Å². The molecule has 0 aliphatic heterocycles. The SMILES string of the molecule is CC[C@H](Cc1ccc(CCSC(=N)N)cc1)SC(C)=N. The third-order valence-electron chi connectivity index (χ3n) is 2.93. The van der Waals surface area contributed by atoms with E-state index >= 15 is 0 Å². The fourth-order valence-corrected chi connectivity index (χ4v) is 3.40. The molecule has 0 radical (unpaired) electrons. The summed E-state index contributed by atoms with van der Waals surface area (Å²) in [7, 11) is 0. The molecule has 0 bridgehead atoms. The first-order valence-corrected chi connectivity index (χ1v) is 8.64. The average molecular weight is 310 g/mol. The van der Waals surface area contributed by atoms with Crippen LogP contribution in [0.25, 0.3) is 0 Å². The number of nitrogens with one attached hydrogen (secondary N) is 2. The molecule has 0 fully saturated rings. The van der Waals surface area contributed by atoms with Crippen LogP contribution in [0.15, 0.2) is 24.3 Å². The monoisotopic (exact) mass is 309 g/mol. The highest BCUT2D eigenvalue weighted by Gasteiger charge is 2.09. The fourth-order valence-electron chi connectivity index (χ4n) is 1.90. The zero-order valence-electron chi connectivity index (χ0n) is 12.1. The predicted octanol–water partition coefficient (Wildman–Crippen LogP) is 3.91. The molecule has 0 aliphatic rings. The Kier molecular flexibility index (Phi) is 7.77. The second kappa shape index (κ2) is 9.08. The van der Waals surface area contributed by atoms with Gasteiger partial charge in [-0.25, -0.2) is 0 Å². The second-order valence-corrected chi connectivity index (χ2v) is 7.34. The van der Waals surface area contributed by atoms with Gasteiger partial charge in [0.25, 0.3) is 0 Å². The average Bonchev–Trinajstić information content (AvgIpc) is 2.39. The maximum absolute atomic E-state index is 7.57. The Morgan fingerprint density at radius 3 is 2.30 bits per heavy atom. The molecular formula is C15H23N3S2. The van der Waals surface area contributed by atoms with Crippen molar-refractivity contribution in [3.05, 3.63) is 35.4 Å². The summed E-state index contributed by atoms with van der Waals surface area (Å²) in [4.78, 5) is 0. The molecule has 110 valence electrons. The minimum absolute atomic E-state index is 0.187. The molecule has 0 spiro atoms. The van der Waals surface area contributed by atoms with Crippen LogP contribution in [-0.4, -0.2) is 21.2 Å². The summed E-state index contributed by atoms with van der Waals surface area (Å²) in [5, 5.41) is 16.1. The maximum atomic E-state index is 7.57. The molecule has 5 heteroatoms. The van der Waals surface area contributed by atoms with E-state index in [1.54, 1.807) is 11.8 Å². The van der Waals surface area contributed by atoms with Crippen molar-refractivity contribution in [3.8, 4) is 0 Å². The summed E-state index contributed by atoms with van der Waals surface area (Å²) < 4.78 is 0. The van der Waals surface area contributed by atoms with Gasteiger partial charge in [0.1, 0.15) is 0 Å². The number of benzene rings is 1. The minimum Gasteiger partial charge on any atom is -0.379 e. The molecule has 20 heavy (non-hydrogen) atoms. The summed E-state index contributed by atoms with van der Waals surface area (Å²) in [5.41, 5.74) is 7.93. The Hall–Kier alpha value is -0.940. The normalized spacial score (nSPS) is 12.1. The summed E-state index contributed by atoms with van der Waals surface area (Å²) in [6.45, 7) is 4.02. The summed E-state index contributed by atoms with van der Waals surface area (Å²) in [6.07, 6.45) is 3.04. The van der Waals surface area contributed by atoms with Crippen molar-refractivity contribution < 1.29 is 0 Å². The Morgan fingerprint density at radius 1 is 1.20 bits per heavy atom. The van der Waals surface area contributed by atoms with Crippen molar-refractivity contribution in [2.75, 3.05) is 5.75 Å². The molecule has 4 N–H and O–H groups in total. The Labute approximate surface area is 130 Å². The minimum atomic E-state index is 0.187. The van der Waals surface area contributed by atoms with Gasteiger partial charge in [0.05, 0.1) is 5.04 Å². The van der Waals surface area contributed by atoms with Crippen LogP contribution in [0.3, 0.4) is 0 Å². The fraction of sp³-hybridized carbons (Fsp3) is 0.467. The molecular weight excluding hydrogens is 286 g/mol. The van der Waals surface area contributed by atoms with Crippen molar-refractivity contribution in [3.63, 3.8) is 0 Å². The number of rotatable bonds is 7. The molecule has 0 unspecified atom stereocenters. The summed E-state index contributed by atoms with van der Waals surface area (Å²) in [5.74, 6) is 0.856. The van der Waals surface area contributed by atoms with Crippen molar-refractivity contribution in [2.45, 2.75) is 38.4 Å². The van der Waals surface area contributed by atoms with Gasteiger partial charge in [-0.05, 0) is 37.3 Å². The van der Waals surface area contributed by atoms with Gasteiger partial charge in [0.2, 0.25) is 0 Å². The molecule has 0 saturated heterocycles. The first-order valence-electron chi connectivity index (χ1n) is 6.77. The molecule has 0 heterocycles. The van der Waals surface area contributed by atoms with Gasteiger partial charge < -0.3 is 5.73 Å². The van der Waals surface area contributed by atoms with Gasteiger partial charge in [-0.3, -0.25) is 10.8 Å². The Balaban J connectivity index is 2.48. The van der Waals surface area contributed by atoms with E-state index in [0.717, 1.165) is 25.0 Å². The topological polar surface area (TPSA) is 73.7 Å². The van der Waals surface area contributed by atoms with Crippen LogP contribution >= 0.6 is 23.5 Å². The zero-order chi connectivity index (χ0) is 15.0.